The van der Waals surface area contributed by atoms with Gasteiger partial charge in [0.05, 0.1) is 12.5 Å². The Kier molecular flexibility index (Phi) is 7.07. The van der Waals surface area contributed by atoms with Gasteiger partial charge in [-0.25, -0.2) is 0 Å². The molecule has 0 saturated carbocycles. The number of likely N-dealkylation sites (tertiary alicyclic amines) is 1. The molecule has 0 spiro atoms. The van der Waals surface area contributed by atoms with Crippen LogP contribution in [0.25, 0.3) is 0 Å². The number of piperidine rings is 1. The molecule has 1 aliphatic heterocycles. The van der Waals surface area contributed by atoms with Gasteiger partial charge in [0.25, 0.3) is 0 Å². The molecule has 1 heterocycles. The van der Waals surface area contributed by atoms with Crippen molar-refractivity contribution < 1.29 is 14.7 Å². The summed E-state index contributed by atoms with van der Waals surface area (Å²) >= 11 is 0. The van der Waals surface area contributed by atoms with Crippen LogP contribution in [0, 0.1) is 0 Å². The van der Waals surface area contributed by atoms with Crippen LogP contribution in [-0.2, 0) is 9.59 Å². The van der Waals surface area contributed by atoms with E-state index in [2.05, 4.69) is 23.9 Å². The van der Waals surface area contributed by atoms with Gasteiger partial charge in [0.1, 0.15) is 0 Å². The number of nitrogens with zero attached hydrogens (tertiary/aromatic N) is 3. The molecule has 0 bridgehead atoms. The number of likely N-dealkylation sites (N-methyl/N-ethyl adjacent to an activating group) is 2. The average molecular weight is 300 g/mol. The zero-order chi connectivity index (χ0) is 16.0. The quantitative estimate of drug-likeness (QED) is 0.644. The number of carbonyl (C=O) groups excluding carboxylic acids is 1. The number of aliphatic carboxylic acids is 1. The van der Waals surface area contributed by atoms with Crippen LogP contribution in [0.2, 0.25) is 0 Å². The third kappa shape index (κ3) is 5.99. The minimum atomic E-state index is -1.05. The molecule has 3 N–H and O–H groups in total. The molecule has 122 valence electrons. The lowest BCUT2D eigenvalue weighted by Gasteiger charge is -2.35. The van der Waals surface area contributed by atoms with Crippen molar-refractivity contribution in [3.63, 3.8) is 0 Å². The van der Waals surface area contributed by atoms with Gasteiger partial charge in [0.2, 0.25) is 5.91 Å². The number of rotatable bonds is 7. The van der Waals surface area contributed by atoms with Gasteiger partial charge in [0, 0.05) is 26.2 Å². The molecule has 0 aromatic heterocycles. The van der Waals surface area contributed by atoms with E-state index in [9.17, 15) is 9.59 Å². The van der Waals surface area contributed by atoms with Crippen LogP contribution >= 0.6 is 0 Å². The predicted molar refractivity (Wildman–Crippen MR) is 81.0 cm³/mol. The van der Waals surface area contributed by atoms with Crippen LogP contribution < -0.4 is 5.73 Å². The van der Waals surface area contributed by atoms with Crippen molar-refractivity contribution in [2.45, 2.75) is 31.3 Å². The molecule has 1 atom stereocenters. The maximum Gasteiger partial charge on any atom is 0.305 e. The third-order valence-electron chi connectivity index (χ3n) is 4.19. The fourth-order valence-corrected chi connectivity index (χ4v) is 2.59. The lowest BCUT2D eigenvalue weighted by molar-refractivity contribution is -0.141. The predicted octanol–water partition coefficient (Wildman–Crippen LogP) is -0.727. The molecular weight excluding hydrogens is 272 g/mol. The summed E-state index contributed by atoms with van der Waals surface area (Å²) < 4.78 is 0. The largest absolute Gasteiger partial charge is 0.481 e. The minimum absolute atomic E-state index is 0.311. The smallest absolute Gasteiger partial charge is 0.305 e. The van der Waals surface area contributed by atoms with E-state index in [0.717, 1.165) is 32.5 Å². The van der Waals surface area contributed by atoms with Crippen molar-refractivity contribution in [3.05, 3.63) is 0 Å². The van der Waals surface area contributed by atoms with Crippen LogP contribution in [0.4, 0.5) is 0 Å². The molecule has 7 heteroatoms. The monoisotopic (exact) mass is 300 g/mol. The van der Waals surface area contributed by atoms with E-state index in [4.69, 9.17) is 10.8 Å². The van der Waals surface area contributed by atoms with E-state index >= 15 is 0 Å². The number of nitrogens with two attached hydrogens (primary N) is 1. The number of amides is 1. The number of hydrogen-bond donors (Lipinski definition) is 2. The van der Waals surface area contributed by atoms with Crippen molar-refractivity contribution >= 4 is 11.9 Å². The first-order valence-corrected chi connectivity index (χ1v) is 7.42. The number of carbonyl (C=O) groups is 2. The highest BCUT2D eigenvalue weighted by Gasteiger charge is 2.23. The summed E-state index contributed by atoms with van der Waals surface area (Å²) in [6.45, 7) is 3.55. The molecule has 1 rings (SSSR count). The second kappa shape index (κ2) is 8.31. The van der Waals surface area contributed by atoms with E-state index < -0.39 is 12.0 Å². The molecule has 1 fully saturated rings. The van der Waals surface area contributed by atoms with Crippen molar-refractivity contribution in [1.29, 1.82) is 0 Å². The SMILES string of the molecule is CN1CCC(N(C)CCN(C)C(=O)C(N)CC(=O)O)CC1. The zero-order valence-electron chi connectivity index (χ0n) is 13.3. The summed E-state index contributed by atoms with van der Waals surface area (Å²) in [5.41, 5.74) is 5.59. The van der Waals surface area contributed by atoms with Gasteiger partial charge in [-0.2, -0.15) is 0 Å². The van der Waals surface area contributed by atoms with Gasteiger partial charge < -0.3 is 25.5 Å². The minimum Gasteiger partial charge on any atom is -0.481 e. The van der Waals surface area contributed by atoms with Crippen molar-refractivity contribution in [3.8, 4) is 0 Å². The Morgan fingerprint density at radius 2 is 1.86 bits per heavy atom. The Morgan fingerprint density at radius 1 is 1.29 bits per heavy atom. The first kappa shape index (κ1) is 17.9. The summed E-state index contributed by atoms with van der Waals surface area (Å²) in [7, 11) is 5.88. The Bertz CT molecular complexity index is 356. The molecule has 1 aliphatic rings. The second-order valence-electron chi connectivity index (χ2n) is 5.98. The Hall–Kier alpha value is -1.18. The van der Waals surface area contributed by atoms with Crippen LogP contribution in [0.1, 0.15) is 19.3 Å². The molecule has 21 heavy (non-hydrogen) atoms. The van der Waals surface area contributed by atoms with E-state index in [1.54, 1.807) is 7.05 Å². The van der Waals surface area contributed by atoms with Gasteiger partial charge in [-0.1, -0.05) is 0 Å². The zero-order valence-corrected chi connectivity index (χ0v) is 13.3. The van der Waals surface area contributed by atoms with Gasteiger partial charge >= 0.3 is 5.97 Å². The molecule has 0 aliphatic carbocycles. The number of hydrogen-bond acceptors (Lipinski definition) is 5. The number of carboxylic acid groups (broad SMARTS) is 1. The van der Waals surface area contributed by atoms with Gasteiger partial charge in [-0.15, -0.1) is 0 Å². The van der Waals surface area contributed by atoms with Gasteiger partial charge in [0.15, 0.2) is 0 Å². The summed E-state index contributed by atoms with van der Waals surface area (Å²) in [5.74, 6) is -1.36. The lowest BCUT2D eigenvalue weighted by atomic mass is 10.0. The second-order valence-corrected chi connectivity index (χ2v) is 5.98. The first-order chi connectivity index (χ1) is 9.81. The van der Waals surface area contributed by atoms with Crippen LogP contribution in [-0.4, -0.2) is 91.1 Å². The highest BCUT2D eigenvalue weighted by molar-refractivity contribution is 5.85. The van der Waals surface area contributed by atoms with E-state index in [0.29, 0.717) is 12.6 Å². The summed E-state index contributed by atoms with van der Waals surface area (Å²) in [4.78, 5) is 28.6. The first-order valence-electron chi connectivity index (χ1n) is 7.42. The molecule has 1 unspecified atom stereocenters. The normalized spacial score (nSPS) is 18.7. The molecule has 1 amide bonds. The van der Waals surface area contributed by atoms with Crippen LogP contribution in [0.15, 0.2) is 0 Å². The summed E-state index contributed by atoms with van der Waals surface area (Å²) in [6.07, 6.45) is 1.96. The molecule has 0 aromatic carbocycles. The fraction of sp³-hybridized carbons (Fsp3) is 0.857. The number of carboxylic acids is 1. The maximum absolute atomic E-state index is 11.9. The summed E-state index contributed by atoms with van der Waals surface area (Å²) in [6, 6.07) is -0.404. The Balaban J connectivity index is 2.32. The highest BCUT2D eigenvalue weighted by atomic mass is 16.4. The Labute approximate surface area is 126 Å². The molecule has 0 aromatic rings. The van der Waals surface area contributed by atoms with E-state index in [1.165, 1.54) is 4.90 Å². The molecule has 0 radical (unpaired) electrons. The molecular formula is C14H28N4O3. The molecule has 7 nitrogen and oxygen atoms in total. The van der Waals surface area contributed by atoms with Crippen LogP contribution in [0.3, 0.4) is 0 Å². The van der Waals surface area contributed by atoms with Crippen molar-refractivity contribution in [2.75, 3.05) is 47.3 Å². The highest BCUT2D eigenvalue weighted by Crippen LogP contribution is 2.13. The Morgan fingerprint density at radius 3 is 2.38 bits per heavy atom. The van der Waals surface area contributed by atoms with Crippen molar-refractivity contribution in [2.24, 2.45) is 5.73 Å². The molecule has 1 saturated heterocycles. The maximum atomic E-state index is 11.9. The topological polar surface area (TPSA) is 90.1 Å². The standard InChI is InChI=1S/C14H28N4O3/c1-16-6-4-11(5-7-16)17(2)8-9-18(3)14(21)12(15)10-13(19)20/h11-12H,4-10,15H2,1-3H3,(H,19,20). The fourth-order valence-electron chi connectivity index (χ4n) is 2.59. The van der Waals surface area contributed by atoms with Gasteiger partial charge in [-0.05, 0) is 40.0 Å². The summed E-state index contributed by atoms with van der Waals surface area (Å²) in [5, 5.41) is 8.66. The third-order valence-corrected chi connectivity index (χ3v) is 4.19. The van der Waals surface area contributed by atoms with Gasteiger partial charge in [-0.3, -0.25) is 9.59 Å². The van der Waals surface area contributed by atoms with Crippen molar-refractivity contribution in [1.82, 2.24) is 14.7 Å². The van der Waals surface area contributed by atoms with E-state index in [1.807, 2.05) is 0 Å². The van der Waals surface area contributed by atoms with Crippen LogP contribution in [0.5, 0.6) is 0 Å². The lowest BCUT2D eigenvalue weighted by Crippen LogP contribution is -2.47. The average Bonchev–Trinajstić information content (AvgIpc) is 2.43. The van der Waals surface area contributed by atoms with E-state index in [-0.39, 0.29) is 12.3 Å².